The highest BCUT2D eigenvalue weighted by molar-refractivity contribution is 6.13. The van der Waals surface area contributed by atoms with E-state index >= 15 is 0 Å². The van der Waals surface area contributed by atoms with Gasteiger partial charge in [-0.25, -0.2) is 0 Å². The molecule has 3 aliphatic carbocycles. The van der Waals surface area contributed by atoms with Crippen molar-refractivity contribution in [1.29, 1.82) is 0 Å². The second kappa shape index (κ2) is 14.0. The monoisotopic (exact) mass is 744 g/mol. The molecule has 9 aromatic rings. The molecule has 276 valence electrons. The fourth-order valence-corrected chi connectivity index (χ4v) is 10.1. The number of benzene rings is 9. The third kappa shape index (κ3) is 5.41. The van der Waals surface area contributed by atoms with Crippen LogP contribution < -0.4 is 0 Å². The van der Waals surface area contributed by atoms with Crippen molar-refractivity contribution in [3.8, 4) is 66.8 Å². The topological polar surface area (TPSA) is 40.5 Å². The predicted octanol–water partition coefficient (Wildman–Crippen LogP) is 13.2. The summed E-state index contributed by atoms with van der Waals surface area (Å²) < 4.78 is 0. The maximum atomic E-state index is 12.3. The number of hydrogen-bond acceptors (Lipinski definition) is 2. The van der Waals surface area contributed by atoms with Crippen molar-refractivity contribution in [2.45, 2.75) is 24.0 Å². The smallest absolute Gasteiger partial charge is 0.0917 e. The molecule has 4 atom stereocenters. The van der Waals surface area contributed by atoms with Crippen LogP contribution in [0.4, 0.5) is 0 Å². The van der Waals surface area contributed by atoms with E-state index in [2.05, 4.69) is 206 Å². The van der Waals surface area contributed by atoms with Crippen molar-refractivity contribution >= 4 is 10.8 Å². The summed E-state index contributed by atoms with van der Waals surface area (Å²) in [5, 5.41) is 26.8. The quantitative estimate of drug-likeness (QED) is 0.178. The lowest BCUT2D eigenvalue weighted by molar-refractivity contribution is -0.0150. The fraction of sp³-hybridized carbons (Fsp3) is 0.0714. The molecular formula is C56H40O2. The highest BCUT2D eigenvalue weighted by Crippen LogP contribution is 2.61. The van der Waals surface area contributed by atoms with Crippen molar-refractivity contribution in [1.82, 2.24) is 0 Å². The molecule has 0 saturated carbocycles. The largest absolute Gasteiger partial charge is 0.389 e. The van der Waals surface area contributed by atoms with E-state index in [0.29, 0.717) is 0 Å². The summed E-state index contributed by atoms with van der Waals surface area (Å²) >= 11 is 0. The number of rotatable bonds is 6. The molecule has 0 spiro atoms. The molecule has 0 saturated heterocycles. The molecule has 0 fully saturated rings. The summed E-state index contributed by atoms with van der Waals surface area (Å²) in [4.78, 5) is 0. The first kappa shape index (κ1) is 34.4. The van der Waals surface area contributed by atoms with Gasteiger partial charge in [-0.2, -0.15) is 0 Å². The second-order valence-corrected chi connectivity index (χ2v) is 15.7. The van der Waals surface area contributed by atoms with Crippen LogP contribution in [-0.4, -0.2) is 22.4 Å². The summed E-state index contributed by atoms with van der Waals surface area (Å²) in [5.41, 5.74) is 18.0. The summed E-state index contributed by atoms with van der Waals surface area (Å²) in [7, 11) is 0. The SMILES string of the molecule is OC1C2c3ccccc3C(c3c2c(-c2ccc(-c4ccccc4)cc2-c2ccccc2)c2ccccc2c3-c2ccc(-c3ccccc3)cc2-c2ccccc2)C1O. The van der Waals surface area contributed by atoms with Crippen LogP contribution in [0, 0.1) is 0 Å². The Kier molecular flexibility index (Phi) is 8.29. The maximum absolute atomic E-state index is 12.3. The Morgan fingerprint density at radius 2 is 0.603 bits per heavy atom. The summed E-state index contributed by atoms with van der Waals surface area (Å²) in [5.74, 6) is -0.878. The van der Waals surface area contributed by atoms with Crippen LogP contribution in [0.25, 0.3) is 77.5 Å². The van der Waals surface area contributed by atoms with Gasteiger partial charge in [-0.1, -0.05) is 194 Å². The first-order chi connectivity index (χ1) is 28.7. The van der Waals surface area contributed by atoms with Crippen molar-refractivity contribution in [2.24, 2.45) is 0 Å². The van der Waals surface area contributed by atoms with E-state index in [0.717, 1.165) is 99.8 Å². The second-order valence-electron chi connectivity index (χ2n) is 15.7. The molecule has 2 N–H and O–H groups in total. The normalized spacial score (nSPS) is 17.8. The Morgan fingerprint density at radius 1 is 0.276 bits per heavy atom. The number of aliphatic hydroxyl groups is 2. The lowest BCUT2D eigenvalue weighted by Crippen LogP contribution is -2.47. The molecule has 12 rings (SSSR count). The van der Waals surface area contributed by atoms with Crippen LogP contribution in [0.3, 0.4) is 0 Å². The average Bonchev–Trinajstić information content (AvgIpc) is 3.30. The van der Waals surface area contributed by atoms with E-state index in [1.165, 1.54) is 0 Å². The third-order valence-electron chi connectivity index (χ3n) is 12.6. The van der Waals surface area contributed by atoms with Gasteiger partial charge < -0.3 is 10.2 Å². The Balaban J connectivity index is 1.29. The number of fused-ring (bicyclic) bond motifs is 2. The summed E-state index contributed by atoms with van der Waals surface area (Å²) in [6.07, 6.45) is -1.95. The van der Waals surface area contributed by atoms with Crippen LogP contribution >= 0.6 is 0 Å². The molecule has 3 aliphatic rings. The predicted molar refractivity (Wildman–Crippen MR) is 239 cm³/mol. The lowest BCUT2D eigenvalue weighted by Gasteiger charge is -2.49. The minimum atomic E-state index is -0.974. The van der Waals surface area contributed by atoms with Crippen LogP contribution in [0.5, 0.6) is 0 Å². The zero-order chi connectivity index (χ0) is 38.7. The Hall–Kier alpha value is -6.84. The molecule has 2 bridgehead atoms. The van der Waals surface area contributed by atoms with E-state index in [9.17, 15) is 10.2 Å². The van der Waals surface area contributed by atoms with E-state index in [4.69, 9.17) is 0 Å². The van der Waals surface area contributed by atoms with E-state index in [1.54, 1.807) is 0 Å². The van der Waals surface area contributed by atoms with Crippen LogP contribution in [-0.2, 0) is 0 Å². The Bertz CT molecular complexity index is 2770. The number of hydrogen-bond donors (Lipinski definition) is 2. The van der Waals surface area contributed by atoms with Gasteiger partial charge in [0.15, 0.2) is 0 Å². The van der Waals surface area contributed by atoms with Crippen LogP contribution in [0.15, 0.2) is 206 Å². The van der Waals surface area contributed by atoms with Gasteiger partial charge in [0.2, 0.25) is 0 Å². The first-order valence-corrected chi connectivity index (χ1v) is 20.2. The standard InChI is InChI=1S/C56H40O2/c57-55-51-43-27-15-16-28-44(43)52(56(55)58)54-50(46-32-30-40(36-19-7-2-8-20-36)34-48(46)38-23-11-4-12-24-38)42-26-14-13-25-41(42)49(53(51)54)45-31-29-39(35-17-5-1-6-18-35)33-47(45)37-21-9-3-10-22-37/h1-34,51-52,55-58H. The summed E-state index contributed by atoms with van der Waals surface area (Å²) in [6, 6.07) is 73.4. The zero-order valence-corrected chi connectivity index (χ0v) is 31.8. The molecule has 2 nitrogen and oxygen atoms in total. The van der Waals surface area contributed by atoms with Gasteiger partial charge in [0.1, 0.15) is 0 Å². The number of aliphatic hydroxyl groups excluding tert-OH is 2. The van der Waals surface area contributed by atoms with Gasteiger partial charge in [0, 0.05) is 11.8 Å². The summed E-state index contributed by atoms with van der Waals surface area (Å²) in [6.45, 7) is 0. The molecule has 2 heteroatoms. The third-order valence-corrected chi connectivity index (χ3v) is 12.6. The molecule has 0 aromatic heterocycles. The highest BCUT2D eigenvalue weighted by atomic mass is 16.3. The average molecular weight is 745 g/mol. The van der Waals surface area contributed by atoms with Gasteiger partial charge in [-0.3, -0.25) is 0 Å². The molecule has 4 unspecified atom stereocenters. The molecule has 0 amide bonds. The van der Waals surface area contributed by atoms with E-state index in [1.807, 2.05) is 0 Å². The minimum absolute atomic E-state index is 0.439. The molecule has 0 radical (unpaired) electrons. The van der Waals surface area contributed by atoms with E-state index in [-0.39, 0.29) is 0 Å². The molecular weight excluding hydrogens is 705 g/mol. The van der Waals surface area contributed by atoms with Crippen LogP contribution in [0.2, 0.25) is 0 Å². The van der Waals surface area contributed by atoms with Gasteiger partial charge in [-0.05, 0) is 112 Å². The maximum Gasteiger partial charge on any atom is 0.0917 e. The van der Waals surface area contributed by atoms with Crippen molar-refractivity contribution < 1.29 is 10.2 Å². The Morgan fingerprint density at radius 3 is 0.983 bits per heavy atom. The van der Waals surface area contributed by atoms with Gasteiger partial charge in [0.05, 0.1) is 12.2 Å². The van der Waals surface area contributed by atoms with Gasteiger partial charge in [-0.15, -0.1) is 0 Å². The van der Waals surface area contributed by atoms with Crippen molar-refractivity contribution in [3.05, 3.63) is 229 Å². The minimum Gasteiger partial charge on any atom is -0.389 e. The fourth-order valence-electron chi connectivity index (χ4n) is 10.1. The molecule has 0 heterocycles. The van der Waals surface area contributed by atoms with Gasteiger partial charge >= 0.3 is 0 Å². The Labute approximate surface area is 339 Å². The highest BCUT2D eigenvalue weighted by Gasteiger charge is 2.51. The van der Waals surface area contributed by atoms with Crippen molar-refractivity contribution in [3.63, 3.8) is 0 Å². The molecule has 0 aliphatic heterocycles. The van der Waals surface area contributed by atoms with E-state index < -0.39 is 24.0 Å². The van der Waals surface area contributed by atoms with Gasteiger partial charge in [0.25, 0.3) is 0 Å². The molecule has 58 heavy (non-hydrogen) atoms. The van der Waals surface area contributed by atoms with Crippen LogP contribution in [0.1, 0.15) is 34.1 Å². The first-order valence-electron chi connectivity index (χ1n) is 20.2. The zero-order valence-electron chi connectivity index (χ0n) is 31.8. The lowest BCUT2D eigenvalue weighted by atomic mass is 9.57. The molecule has 9 aromatic carbocycles. The van der Waals surface area contributed by atoms with Crippen molar-refractivity contribution in [2.75, 3.05) is 0 Å².